The van der Waals surface area contributed by atoms with Gasteiger partial charge in [0.1, 0.15) is 12.4 Å². The van der Waals surface area contributed by atoms with E-state index in [1.807, 2.05) is 0 Å². The van der Waals surface area contributed by atoms with Gasteiger partial charge in [0.15, 0.2) is 11.5 Å². The van der Waals surface area contributed by atoms with Crippen molar-refractivity contribution in [3.63, 3.8) is 0 Å². The molecule has 1 aromatic carbocycles. The monoisotopic (exact) mass is 383 g/mol. The van der Waals surface area contributed by atoms with Crippen LogP contribution in [0, 0.1) is 11.3 Å². The molecule has 1 heterocycles. The minimum atomic E-state index is -4.54. The number of likely N-dealkylation sites (N-methyl/N-ethyl adjacent to an activating group) is 1. The average molecular weight is 383 g/mol. The molecule has 1 unspecified atom stereocenters. The van der Waals surface area contributed by atoms with Crippen LogP contribution in [0.25, 0.3) is 0 Å². The number of nitrogens with one attached hydrogen (secondary N) is 2. The fourth-order valence-electron chi connectivity index (χ4n) is 3.99. The molecule has 1 aliphatic carbocycles. The number of amides is 1. The van der Waals surface area contributed by atoms with Gasteiger partial charge in [-0.05, 0) is 24.5 Å². The second-order valence-corrected chi connectivity index (χ2v) is 7.41. The summed E-state index contributed by atoms with van der Waals surface area (Å²) in [6.45, 7) is -0.248. The van der Waals surface area contributed by atoms with Crippen molar-refractivity contribution in [1.82, 2.24) is 10.2 Å². The van der Waals surface area contributed by atoms with E-state index in [4.69, 9.17) is 10.1 Å². The lowest BCUT2D eigenvalue weighted by Crippen LogP contribution is -2.53. The van der Waals surface area contributed by atoms with E-state index in [9.17, 15) is 18.0 Å². The molecule has 148 valence electrons. The van der Waals surface area contributed by atoms with Gasteiger partial charge in [0.25, 0.3) is 5.91 Å². The molecule has 1 saturated carbocycles. The van der Waals surface area contributed by atoms with Crippen LogP contribution >= 0.6 is 0 Å². The average Bonchev–Trinajstić information content (AvgIpc) is 2.84. The van der Waals surface area contributed by atoms with E-state index in [2.05, 4.69) is 5.32 Å². The zero-order chi connectivity index (χ0) is 19.7. The highest BCUT2D eigenvalue weighted by Gasteiger charge is 2.50. The third-order valence-corrected chi connectivity index (χ3v) is 5.44. The Balaban J connectivity index is 1.83. The predicted octanol–water partition coefficient (Wildman–Crippen LogP) is 3.79. The number of guanidine groups is 1. The SMILES string of the molecule is CN1C(=N)NC(COc2ccccc2C(F)(F)F)(CC2CCCCC2)C1=O. The first-order valence-electron chi connectivity index (χ1n) is 9.17. The Morgan fingerprint density at radius 2 is 1.93 bits per heavy atom. The maximum atomic E-state index is 13.2. The number of rotatable bonds is 5. The van der Waals surface area contributed by atoms with E-state index >= 15 is 0 Å². The van der Waals surface area contributed by atoms with E-state index in [1.165, 1.54) is 30.1 Å². The molecule has 0 aromatic heterocycles. The van der Waals surface area contributed by atoms with Crippen LogP contribution in [0.3, 0.4) is 0 Å². The molecule has 1 atom stereocenters. The number of benzene rings is 1. The number of carbonyl (C=O) groups excluding carboxylic acids is 1. The van der Waals surface area contributed by atoms with Crippen LogP contribution in [0.15, 0.2) is 24.3 Å². The van der Waals surface area contributed by atoms with Crippen LogP contribution in [0.5, 0.6) is 5.75 Å². The minimum absolute atomic E-state index is 0.0523. The van der Waals surface area contributed by atoms with Crippen LogP contribution in [0.2, 0.25) is 0 Å². The zero-order valence-corrected chi connectivity index (χ0v) is 15.2. The first-order valence-corrected chi connectivity index (χ1v) is 9.17. The summed E-state index contributed by atoms with van der Waals surface area (Å²) in [5, 5.41) is 10.8. The Labute approximate surface area is 156 Å². The molecule has 0 spiro atoms. The molecule has 3 rings (SSSR count). The highest BCUT2D eigenvalue weighted by molar-refractivity contribution is 6.07. The second kappa shape index (κ2) is 7.40. The Morgan fingerprint density at radius 1 is 1.26 bits per heavy atom. The quantitative estimate of drug-likeness (QED) is 0.813. The van der Waals surface area contributed by atoms with Gasteiger partial charge >= 0.3 is 6.18 Å². The summed E-state index contributed by atoms with van der Waals surface area (Å²) >= 11 is 0. The molecule has 2 fully saturated rings. The van der Waals surface area contributed by atoms with Crippen LogP contribution in [-0.2, 0) is 11.0 Å². The van der Waals surface area contributed by atoms with E-state index in [0.29, 0.717) is 6.42 Å². The van der Waals surface area contributed by atoms with E-state index < -0.39 is 17.3 Å². The maximum absolute atomic E-state index is 13.2. The number of nitrogens with zero attached hydrogens (tertiary/aromatic N) is 1. The summed E-state index contributed by atoms with van der Waals surface area (Å²) in [7, 11) is 1.49. The first kappa shape index (κ1) is 19.5. The molecule has 1 saturated heterocycles. The molecule has 1 amide bonds. The van der Waals surface area contributed by atoms with Crippen molar-refractivity contribution in [2.24, 2.45) is 5.92 Å². The normalized spacial score (nSPS) is 24.2. The first-order chi connectivity index (χ1) is 12.7. The third-order valence-electron chi connectivity index (χ3n) is 5.44. The molecule has 2 aliphatic rings. The van der Waals surface area contributed by atoms with Gasteiger partial charge in [-0.3, -0.25) is 15.1 Å². The lowest BCUT2D eigenvalue weighted by Gasteiger charge is -2.33. The standard InChI is InChI=1S/C19H24F3N3O2/c1-25-16(26)18(24-17(25)23,11-13-7-3-2-4-8-13)12-27-15-10-6-5-9-14(15)19(20,21)22/h5-6,9-10,13H,2-4,7-8,11-12H2,1H3,(H2,23,24). The van der Waals surface area contributed by atoms with Gasteiger partial charge in [0.2, 0.25) is 0 Å². The van der Waals surface area contributed by atoms with Crippen LogP contribution in [0.4, 0.5) is 13.2 Å². The number of hydrogen-bond acceptors (Lipinski definition) is 3. The molecule has 5 nitrogen and oxygen atoms in total. The zero-order valence-electron chi connectivity index (χ0n) is 15.2. The molecule has 0 bridgehead atoms. The Morgan fingerprint density at radius 3 is 2.52 bits per heavy atom. The molecule has 1 aliphatic heterocycles. The maximum Gasteiger partial charge on any atom is 0.419 e. The van der Waals surface area contributed by atoms with Crippen LogP contribution < -0.4 is 10.1 Å². The molecule has 0 radical (unpaired) electrons. The summed E-state index contributed by atoms with van der Waals surface area (Å²) in [5.41, 5.74) is -2.07. The van der Waals surface area contributed by atoms with Crippen molar-refractivity contribution in [3.8, 4) is 5.75 Å². The lowest BCUT2D eigenvalue weighted by molar-refractivity contribution is -0.139. The number of para-hydroxylation sites is 1. The summed E-state index contributed by atoms with van der Waals surface area (Å²) in [5.74, 6) is -0.397. The summed E-state index contributed by atoms with van der Waals surface area (Å²) in [6, 6.07) is 4.99. The topological polar surface area (TPSA) is 65.4 Å². The number of ether oxygens (including phenoxy) is 1. The lowest BCUT2D eigenvalue weighted by atomic mass is 9.79. The van der Waals surface area contributed by atoms with Gasteiger partial charge in [-0.1, -0.05) is 44.2 Å². The molecular weight excluding hydrogens is 359 g/mol. The largest absolute Gasteiger partial charge is 0.490 e. The number of halogens is 3. The highest BCUT2D eigenvalue weighted by atomic mass is 19.4. The summed E-state index contributed by atoms with van der Waals surface area (Å²) < 4.78 is 45.2. The van der Waals surface area contributed by atoms with Crippen molar-refractivity contribution in [2.45, 2.75) is 50.2 Å². The fourth-order valence-corrected chi connectivity index (χ4v) is 3.99. The predicted molar refractivity (Wildman–Crippen MR) is 94.5 cm³/mol. The second-order valence-electron chi connectivity index (χ2n) is 7.41. The van der Waals surface area contributed by atoms with E-state index in [0.717, 1.165) is 38.2 Å². The smallest absolute Gasteiger partial charge is 0.419 e. The number of alkyl halides is 3. The van der Waals surface area contributed by atoms with Crippen molar-refractivity contribution >= 4 is 11.9 Å². The van der Waals surface area contributed by atoms with E-state index in [-0.39, 0.29) is 30.1 Å². The van der Waals surface area contributed by atoms with Gasteiger partial charge in [0.05, 0.1) is 5.56 Å². The summed E-state index contributed by atoms with van der Waals surface area (Å²) in [4.78, 5) is 14.0. The Kier molecular flexibility index (Phi) is 5.35. The summed E-state index contributed by atoms with van der Waals surface area (Å²) in [6.07, 6.45) is 1.20. The van der Waals surface area contributed by atoms with Gasteiger partial charge < -0.3 is 10.1 Å². The molecular formula is C19H24F3N3O2. The fraction of sp³-hybridized carbons (Fsp3) is 0.579. The van der Waals surface area contributed by atoms with Crippen LogP contribution in [-0.4, -0.2) is 36.0 Å². The molecule has 1 aromatic rings. The molecule has 8 heteroatoms. The van der Waals surface area contributed by atoms with Gasteiger partial charge in [-0.25, -0.2) is 0 Å². The third kappa shape index (κ3) is 4.04. The van der Waals surface area contributed by atoms with Crippen molar-refractivity contribution in [1.29, 1.82) is 5.41 Å². The Bertz CT molecular complexity index is 716. The van der Waals surface area contributed by atoms with E-state index in [1.54, 1.807) is 0 Å². The molecule has 27 heavy (non-hydrogen) atoms. The number of carbonyl (C=O) groups is 1. The van der Waals surface area contributed by atoms with Crippen molar-refractivity contribution in [3.05, 3.63) is 29.8 Å². The van der Waals surface area contributed by atoms with Crippen LogP contribution in [0.1, 0.15) is 44.1 Å². The van der Waals surface area contributed by atoms with Crippen molar-refractivity contribution < 1.29 is 22.7 Å². The Hall–Kier alpha value is -2.25. The van der Waals surface area contributed by atoms with Crippen molar-refractivity contribution in [2.75, 3.05) is 13.7 Å². The highest BCUT2D eigenvalue weighted by Crippen LogP contribution is 2.38. The van der Waals surface area contributed by atoms with Gasteiger partial charge in [0, 0.05) is 7.05 Å². The van der Waals surface area contributed by atoms with Gasteiger partial charge in [-0.2, -0.15) is 13.2 Å². The number of hydrogen-bond donors (Lipinski definition) is 2. The molecule has 2 N–H and O–H groups in total. The minimum Gasteiger partial charge on any atom is -0.490 e. The van der Waals surface area contributed by atoms with Gasteiger partial charge in [-0.15, -0.1) is 0 Å².